The van der Waals surface area contributed by atoms with Crippen molar-refractivity contribution in [1.29, 1.82) is 0 Å². The van der Waals surface area contributed by atoms with Crippen LogP contribution >= 0.6 is 0 Å². The van der Waals surface area contributed by atoms with E-state index in [1.54, 1.807) is 11.0 Å². The number of hydrogen-bond donors (Lipinski definition) is 1. The summed E-state index contributed by atoms with van der Waals surface area (Å²) >= 11 is 0. The summed E-state index contributed by atoms with van der Waals surface area (Å²) in [6.45, 7) is 15.2. The van der Waals surface area contributed by atoms with Crippen molar-refractivity contribution >= 4 is 29.2 Å². The molecule has 4 rings (SSSR count). The zero-order valence-electron chi connectivity index (χ0n) is 23.3. The number of nitrogens with zero attached hydrogens (tertiary/aromatic N) is 3. The van der Waals surface area contributed by atoms with Crippen LogP contribution in [0.5, 0.6) is 0 Å². The van der Waals surface area contributed by atoms with Gasteiger partial charge in [0, 0.05) is 37.6 Å². The minimum atomic E-state index is -1.18. The highest BCUT2D eigenvalue weighted by Crippen LogP contribution is 2.64. The van der Waals surface area contributed by atoms with Crippen LogP contribution in [0, 0.1) is 11.8 Å². The summed E-state index contributed by atoms with van der Waals surface area (Å²) in [7, 11) is 0. The van der Waals surface area contributed by atoms with Crippen LogP contribution in [-0.4, -0.2) is 84.4 Å². The normalized spacial score (nSPS) is 28.8. The molecule has 9 nitrogen and oxygen atoms in total. The van der Waals surface area contributed by atoms with Gasteiger partial charge in [0.15, 0.2) is 0 Å². The lowest BCUT2D eigenvalue weighted by Crippen LogP contribution is -2.56. The molecule has 2 amide bonds. The summed E-state index contributed by atoms with van der Waals surface area (Å²) in [6.07, 6.45) is 4.65. The topological polar surface area (TPSA) is 99.6 Å². The van der Waals surface area contributed by atoms with Crippen LogP contribution in [0.15, 0.2) is 49.6 Å². The second-order valence-electron chi connectivity index (χ2n) is 10.4. The number of β-amino-alcohol motifs (C(OH)–C–C–N with tert-alkyl or cyclic N) is 1. The van der Waals surface area contributed by atoms with E-state index >= 15 is 0 Å². The zero-order chi connectivity index (χ0) is 28.4. The third-order valence-corrected chi connectivity index (χ3v) is 8.72. The molecule has 0 saturated carbocycles. The Morgan fingerprint density at radius 3 is 2.36 bits per heavy atom. The molecule has 1 N–H and O–H groups in total. The first-order valence-electron chi connectivity index (χ1n) is 13.9. The van der Waals surface area contributed by atoms with Crippen molar-refractivity contribution in [1.82, 2.24) is 4.90 Å². The number of amides is 2. The third-order valence-electron chi connectivity index (χ3n) is 8.72. The van der Waals surface area contributed by atoms with Gasteiger partial charge in [-0.25, -0.2) is 0 Å². The maximum absolute atomic E-state index is 14.4. The van der Waals surface area contributed by atoms with Crippen molar-refractivity contribution in [3.05, 3.63) is 49.6 Å². The molecular formula is C30H41N3O6. The summed E-state index contributed by atoms with van der Waals surface area (Å²) < 4.78 is 12.1. The van der Waals surface area contributed by atoms with E-state index in [1.165, 1.54) is 11.0 Å². The van der Waals surface area contributed by atoms with E-state index < -0.39 is 35.0 Å². The number of rotatable bonds is 13. The number of likely N-dealkylation sites (tertiary alicyclic amines) is 1. The Morgan fingerprint density at radius 2 is 1.79 bits per heavy atom. The number of aliphatic hydroxyl groups excluding tert-OH is 1. The molecule has 5 atom stereocenters. The van der Waals surface area contributed by atoms with Crippen LogP contribution in [0.1, 0.15) is 40.0 Å². The molecule has 2 bridgehead atoms. The molecule has 3 aliphatic rings. The van der Waals surface area contributed by atoms with E-state index in [1.807, 2.05) is 31.2 Å². The maximum atomic E-state index is 14.4. The summed E-state index contributed by atoms with van der Waals surface area (Å²) in [6, 6.07) is 6.76. The fourth-order valence-corrected chi connectivity index (χ4v) is 6.97. The van der Waals surface area contributed by atoms with Crippen LogP contribution in [0.3, 0.4) is 0 Å². The number of hydrogen-bond acceptors (Lipinski definition) is 7. The third kappa shape index (κ3) is 4.55. The Labute approximate surface area is 231 Å². The molecule has 1 aromatic rings. The van der Waals surface area contributed by atoms with Crippen molar-refractivity contribution < 1.29 is 29.0 Å². The largest absolute Gasteiger partial charge is 0.461 e. The van der Waals surface area contributed by atoms with Gasteiger partial charge in [-0.2, -0.15) is 0 Å². The van der Waals surface area contributed by atoms with Crippen molar-refractivity contribution in [3.8, 4) is 0 Å². The maximum Gasteiger partial charge on any atom is 0.313 e. The van der Waals surface area contributed by atoms with E-state index in [-0.39, 0.29) is 38.1 Å². The second kappa shape index (κ2) is 11.5. The monoisotopic (exact) mass is 539 g/mol. The molecule has 0 aromatic heterocycles. The quantitative estimate of drug-likeness (QED) is 0.304. The first-order valence-corrected chi connectivity index (χ1v) is 13.9. The van der Waals surface area contributed by atoms with Crippen LogP contribution in [0.25, 0.3) is 0 Å². The van der Waals surface area contributed by atoms with E-state index in [4.69, 9.17) is 9.47 Å². The SMILES string of the molecule is C=CCOC(=O)[C@H]1[C@H]2C(=O)N(CCO)C(C(=O)N(CC=C)c3ccc(N(CC)CC)cc3)C23CC[C@]1(CC)O3. The number of anilines is 2. The lowest BCUT2D eigenvalue weighted by Gasteiger charge is -2.36. The van der Waals surface area contributed by atoms with Crippen LogP contribution in [0.4, 0.5) is 11.4 Å². The highest BCUT2D eigenvalue weighted by molar-refractivity contribution is 6.05. The Bertz CT molecular complexity index is 1100. The molecule has 0 radical (unpaired) electrons. The standard InChI is InChI=1S/C30H41N3O6/c1-6-17-32(22-13-11-21(12-14-22)31(9-4)10-5)27(36)25-30-16-15-29(8-3,39-30)24(28(37)38-20-7-2)23(30)26(35)33(25)18-19-34/h6-7,11-14,23-25,34H,1-2,8-10,15-20H2,3-5H3/t23-,24+,25?,29-,30?/m0/s1. The number of carbonyl (C=O) groups excluding carboxylic acids is 3. The minimum absolute atomic E-state index is 0.0301. The molecule has 3 heterocycles. The van der Waals surface area contributed by atoms with Crippen molar-refractivity contribution in [3.63, 3.8) is 0 Å². The first kappa shape index (κ1) is 28.8. The van der Waals surface area contributed by atoms with Gasteiger partial charge in [-0.15, -0.1) is 6.58 Å². The molecule has 2 unspecified atom stereocenters. The summed E-state index contributed by atoms with van der Waals surface area (Å²) in [5, 5.41) is 9.87. The number of benzene rings is 1. The summed E-state index contributed by atoms with van der Waals surface area (Å²) in [4.78, 5) is 46.9. The number of ether oxygens (including phenoxy) is 2. The smallest absolute Gasteiger partial charge is 0.313 e. The molecule has 3 fully saturated rings. The molecule has 3 aliphatic heterocycles. The van der Waals surface area contributed by atoms with Gasteiger partial charge in [0.25, 0.3) is 5.91 Å². The van der Waals surface area contributed by atoms with Gasteiger partial charge in [-0.05, 0) is 57.4 Å². The predicted molar refractivity (Wildman–Crippen MR) is 149 cm³/mol. The van der Waals surface area contributed by atoms with Gasteiger partial charge >= 0.3 is 5.97 Å². The molecule has 212 valence electrons. The minimum Gasteiger partial charge on any atom is -0.461 e. The average molecular weight is 540 g/mol. The first-order chi connectivity index (χ1) is 18.8. The fraction of sp³-hybridized carbons (Fsp3) is 0.567. The van der Waals surface area contributed by atoms with Gasteiger partial charge < -0.3 is 29.3 Å². The molecule has 3 saturated heterocycles. The van der Waals surface area contributed by atoms with Gasteiger partial charge in [0.2, 0.25) is 5.91 Å². The van der Waals surface area contributed by atoms with Crippen LogP contribution < -0.4 is 9.80 Å². The van der Waals surface area contributed by atoms with Gasteiger partial charge in [-0.1, -0.05) is 25.7 Å². The van der Waals surface area contributed by atoms with Gasteiger partial charge in [-0.3, -0.25) is 14.4 Å². The average Bonchev–Trinajstić information content (AvgIpc) is 3.55. The van der Waals surface area contributed by atoms with Crippen molar-refractivity contribution in [2.75, 3.05) is 49.2 Å². The van der Waals surface area contributed by atoms with E-state index in [0.717, 1.165) is 18.8 Å². The number of esters is 1. The number of carbonyl (C=O) groups is 3. The van der Waals surface area contributed by atoms with Crippen LogP contribution in [-0.2, 0) is 23.9 Å². The molecule has 1 aromatic carbocycles. The van der Waals surface area contributed by atoms with Crippen molar-refractivity contribution in [2.45, 2.75) is 57.3 Å². The Hall–Kier alpha value is -3.17. The van der Waals surface area contributed by atoms with E-state index in [0.29, 0.717) is 24.9 Å². The Balaban J connectivity index is 1.75. The Morgan fingerprint density at radius 1 is 1.13 bits per heavy atom. The molecule has 39 heavy (non-hydrogen) atoms. The number of aliphatic hydroxyl groups is 1. The Kier molecular flexibility index (Phi) is 8.51. The molecule has 9 heteroatoms. The van der Waals surface area contributed by atoms with Gasteiger partial charge in [0.1, 0.15) is 24.2 Å². The molecular weight excluding hydrogens is 498 g/mol. The summed E-state index contributed by atoms with van der Waals surface area (Å²) in [5.41, 5.74) is -0.337. The predicted octanol–water partition coefficient (Wildman–Crippen LogP) is 2.93. The van der Waals surface area contributed by atoms with Crippen molar-refractivity contribution in [2.24, 2.45) is 11.8 Å². The van der Waals surface area contributed by atoms with Gasteiger partial charge in [0.05, 0.1) is 18.1 Å². The molecule has 0 aliphatic carbocycles. The highest BCUT2D eigenvalue weighted by Gasteiger charge is 2.79. The molecule has 1 spiro atoms. The highest BCUT2D eigenvalue weighted by atomic mass is 16.6. The van der Waals surface area contributed by atoms with E-state index in [9.17, 15) is 19.5 Å². The summed E-state index contributed by atoms with van der Waals surface area (Å²) in [5.74, 6) is -2.87. The number of fused-ring (bicyclic) bond motifs is 1. The van der Waals surface area contributed by atoms with E-state index in [2.05, 4.69) is 31.9 Å². The van der Waals surface area contributed by atoms with Crippen LogP contribution in [0.2, 0.25) is 0 Å². The second-order valence-corrected chi connectivity index (χ2v) is 10.4. The lowest BCUT2D eigenvalue weighted by molar-refractivity contribution is -0.160. The lowest BCUT2D eigenvalue weighted by atomic mass is 9.65. The zero-order valence-corrected chi connectivity index (χ0v) is 23.3. The fourth-order valence-electron chi connectivity index (χ4n) is 6.97.